The Morgan fingerprint density at radius 1 is 1.21 bits per heavy atom. The molecule has 3 rings (SSSR count). The number of anilines is 1. The maximum absolute atomic E-state index is 13.4. The number of nitrogens with zero attached hydrogens (tertiary/aromatic N) is 6. The fourth-order valence-electron chi connectivity index (χ4n) is 2.35. The van der Waals surface area contributed by atoms with Crippen molar-refractivity contribution in [3.8, 4) is 16.9 Å². The highest BCUT2D eigenvalue weighted by Crippen LogP contribution is 2.40. The summed E-state index contributed by atoms with van der Waals surface area (Å²) in [6.45, 7) is 3.75. The minimum Gasteiger partial charge on any atom is -0.383 e. The van der Waals surface area contributed by atoms with Crippen molar-refractivity contribution in [1.29, 1.82) is 0 Å². The molecule has 7 nitrogen and oxygen atoms in total. The van der Waals surface area contributed by atoms with E-state index in [1.54, 1.807) is 17.9 Å². The molecule has 0 aromatic carbocycles. The third-order valence-corrected chi connectivity index (χ3v) is 3.53. The molecule has 0 atom stereocenters. The summed E-state index contributed by atoms with van der Waals surface area (Å²) in [6, 6.07) is 1.55. The molecule has 0 radical (unpaired) electrons. The van der Waals surface area contributed by atoms with E-state index in [1.165, 1.54) is 23.1 Å². The maximum Gasteiger partial charge on any atom is 0.435 e. The quantitative estimate of drug-likeness (QED) is 0.795. The van der Waals surface area contributed by atoms with Crippen LogP contribution in [0, 0.1) is 0 Å². The van der Waals surface area contributed by atoms with Crippen LogP contribution in [0.5, 0.6) is 0 Å². The van der Waals surface area contributed by atoms with Crippen molar-refractivity contribution in [3.05, 3.63) is 30.4 Å². The van der Waals surface area contributed by atoms with Crippen LogP contribution in [0.2, 0.25) is 0 Å². The van der Waals surface area contributed by atoms with Crippen molar-refractivity contribution in [1.82, 2.24) is 29.3 Å². The second-order valence-electron chi connectivity index (χ2n) is 5.67. The van der Waals surface area contributed by atoms with Gasteiger partial charge in [0.25, 0.3) is 0 Å². The molecule has 128 valence electrons. The predicted octanol–water partition coefficient (Wildman–Crippen LogP) is 2.65. The van der Waals surface area contributed by atoms with Crippen LogP contribution in [-0.4, -0.2) is 29.3 Å². The van der Waals surface area contributed by atoms with Gasteiger partial charge in [-0.3, -0.25) is 9.36 Å². The van der Waals surface area contributed by atoms with Crippen molar-refractivity contribution >= 4 is 5.82 Å². The second-order valence-corrected chi connectivity index (χ2v) is 5.67. The molecule has 0 fully saturated rings. The summed E-state index contributed by atoms with van der Waals surface area (Å²) in [5.74, 6) is 0.0762. The molecule has 0 spiro atoms. The number of nitrogen functional groups attached to an aromatic ring is 1. The van der Waals surface area contributed by atoms with Crippen molar-refractivity contribution in [2.24, 2.45) is 7.05 Å². The summed E-state index contributed by atoms with van der Waals surface area (Å²) in [6.07, 6.45) is -0.176. The monoisotopic (exact) mass is 339 g/mol. The van der Waals surface area contributed by atoms with E-state index < -0.39 is 11.9 Å². The molecule has 3 aromatic heterocycles. The molecule has 24 heavy (non-hydrogen) atoms. The number of halogens is 3. The highest BCUT2D eigenvalue weighted by Gasteiger charge is 2.40. The van der Waals surface area contributed by atoms with Gasteiger partial charge < -0.3 is 5.73 Å². The zero-order valence-corrected chi connectivity index (χ0v) is 13.3. The van der Waals surface area contributed by atoms with E-state index in [-0.39, 0.29) is 28.8 Å². The number of alkyl halides is 3. The first-order valence-electron chi connectivity index (χ1n) is 7.18. The van der Waals surface area contributed by atoms with E-state index in [1.807, 2.05) is 13.8 Å². The molecule has 0 bridgehead atoms. The number of rotatable bonds is 3. The van der Waals surface area contributed by atoms with Gasteiger partial charge in [0.05, 0.1) is 11.8 Å². The van der Waals surface area contributed by atoms with Gasteiger partial charge in [-0.05, 0) is 13.8 Å². The van der Waals surface area contributed by atoms with Gasteiger partial charge in [0.15, 0.2) is 11.5 Å². The number of aryl methyl sites for hydroxylation is 1. The number of nitrogens with two attached hydrogens (primary N) is 1. The molecule has 3 aromatic rings. The van der Waals surface area contributed by atoms with Gasteiger partial charge in [-0.25, -0.2) is 0 Å². The van der Waals surface area contributed by atoms with Crippen LogP contribution in [-0.2, 0) is 13.2 Å². The first kappa shape index (κ1) is 16.1. The van der Waals surface area contributed by atoms with Gasteiger partial charge in [-0.1, -0.05) is 0 Å². The van der Waals surface area contributed by atoms with Gasteiger partial charge in [-0.2, -0.15) is 33.1 Å². The Morgan fingerprint density at radius 2 is 1.92 bits per heavy atom. The molecule has 3 heterocycles. The number of hydrogen-bond donors (Lipinski definition) is 1. The predicted molar refractivity (Wildman–Crippen MR) is 81.4 cm³/mol. The lowest BCUT2D eigenvalue weighted by Gasteiger charge is -2.05. The van der Waals surface area contributed by atoms with E-state index in [4.69, 9.17) is 5.73 Å². The van der Waals surface area contributed by atoms with Crippen molar-refractivity contribution in [2.75, 3.05) is 5.73 Å². The smallest absolute Gasteiger partial charge is 0.383 e. The molecule has 0 aliphatic heterocycles. The van der Waals surface area contributed by atoms with Crippen LogP contribution in [0.1, 0.15) is 25.6 Å². The molecule has 0 unspecified atom stereocenters. The number of hydrogen-bond acceptors (Lipinski definition) is 4. The summed E-state index contributed by atoms with van der Waals surface area (Å²) in [5.41, 5.74) is 4.98. The highest BCUT2D eigenvalue weighted by molar-refractivity contribution is 5.77. The highest BCUT2D eigenvalue weighted by atomic mass is 19.4. The molecular weight excluding hydrogens is 323 g/mol. The van der Waals surface area contributed by atoms with Gasteiger partial charge in [0, 0.05) is 37.1 Å². The van der Waals surface area contributed by atoms with E-state index in [2.05, 4.69) is 15.3 Å². The van der Waals surface area contributed by atoms with Crippen molar-refractivity contribution in [3.63, 3.8) is 0 Å². The SMILES string of the molecule is CC(C)n1cc(-c2c(C(F)(F)F)nn(-c3ccn(C)n3)c2N)cn1. The lowest BCUT2D eigenvalue weighted by Crippen LogP contribution is -2.09. The first-order chi connectivity index (χ1) is 11.2. The lowest BCUT2D eigenvalue weighted by atomic mass is 10.1. The largest absolute Gasteiger partial charge is 0.435 e. The average Bonchev–Trinajstić information content (AvgIpc) is 3.15. The summed E-state index contributed by atoms with van der Waals surface area (Å²) in [5, 5.41) is 11.8. The van der Waals surface area contributed by atoms with Crippen LogP contribution in [0.4, 0.5) is 19.0 Å². The zero-order valence-electron chi connectivity index (χ0n) is 13.3. The maximum atomic E-state index is 13.4. The molecule has 2 N–H and O–H groups in total. The Balaban J connectivity index is 2.21. The molecule has 0 amide bonds. The Morgan fingerprint density at radius 3 is 2.42 bits per heavy atom. The molecule has 0 saturated carbocycles. The van der Waals surface area contributed by atoms with Crippen LogP contribution >= 0.6 is 0 Å². The minimum atomic E-state index is -4.65. The minimum absolute atomic E-state index is 0.0140. The third-order valence-electron chi connectivity index (χ3n) is 3.53. The summed E-state index contributed by atoms with van der Waals surface area (Å²) < 4.78 is 44.3. The van der Waals surface area contributed by atoms with Crippen molar-refractivity contribution in [2.45, 2.75) is 26.1 Å². The third kappa shape index (κ3) is 2.63. The van der Waals surface area contributed by atoms with Crippen molar-refractivity contribution < 1.29 is 13.2 Å². The van der Waals surface area contributed by atoms with Gasteiger partial charge >= 0.3 is 6.18 Å². The summed E-state index contributed by atoms with van der Waals surface area (Å²) >= 11 is 0. The van der Waals surface area contributed by atoms with E-state index in [0.29, 0.717) is 0 Å². The van der Waals surface area contributed by atoms with Crippen LogP contribution < -0.4 is 5.73 Å². The van der Waals surface area contributed by atoms with Crippen LogP contribution in [0.3, 0.4) is 0 Å². The fourth-order valence-corrected chi connectivity index (χ4v) is 2.35. The topological polar surface area (TPSA) is 79.5 Å². The normalized spacial score (nSPS) is 12.3. The summed E-state index contributed by atoms with van der Waals surface area (Å²) in [7, 11) is 1.65. The van der Waals surface area contributed by atoms with Crippen LogP contribution in [0.25, 0.3) is 16.9 Å². The average molecular weight is 339 g/mol. The standard InChI is InChI=1S/C14H16F3N7/c1-8(2)23-7-9(6-19-23)11-12(14(15,16)17)21-24(13(11)18)10-4-5-22(3)20-10/h4-8H,18H2,1-3H3. The summed E-state index contributed by atoms with van der Waals surface area (Å²) in [4.78, 5) is 0. The Kier molecular flexibility index (Phi) is 3.61. The van der Waals surface area contributed by atoms with Gasteiger partial charge in [0.1, 0.15) is 5.82 Å². The zero-order chi connectivity index (χ0) is 17.6. The van der Waals surface area contributed by atoms with Gasteiger partial charge in [-0.15, -0.1) is 0 Å². The number of aromatic nitrogens is 6. The Bertz CT molecular complexity index is 869. The lowest BCUT2D eigenvalue weighted by molar-refractivity contribution is -0.140. The van der Waals surface area contributed by atoms with E-state index in [9.17, 15) is 13.2 Å². The molecule has 10 heteroatoms. The van der Waals surface area contributed by atoms with E-state index in [0.717, 1.165) is 4.68 Å². The van der Waals surface area contributed by atoms with Crippen LogP contribution in [0.15, 0.2) is 24.7 Å². The second kappa shape index (κ2) is 5.39. The molecule has 0 aliphatic rings. The molecule has 0 aliphatic carbocycles. The first-order valence-corrected chi connectivity index (χ1v) is 7.18. The Hall–Kier alpha value is -2.78. The fraction of sp³-hybridized carbons (Fsp3) is 0.357. The van der Waals surface area contributed by atoms with Gasteiger partial charge in [0.2, 0.25) is 0 Å². The van der Waals surface area contributed by atoms with E-state index >= 15 is 0 Å². The molecular formula is C14H16F3N7. The molecule has 0 saturated heterocycles. The Labute approximate surface area is 135 Å².